The fourth-order valence-electron chi connectivity index (χ4n) is 4.93. The van der Waals surface area contributed by atoms with Crippen LogP contribution in [0.4, 0.5) is 19.0 Å². The molecule has 0 radical (unpaired) electrons. The third-order valence-corrected chi connectivity index (χ3v) is 6.76. The number of benzene rings is 1. The topological polar surface area (TPSA) is 94.2 Å². The lowest BCUT2D eigenvalue weighted by atomic mass is 9.60. The van der Waals surface area contributed by atoms with Crippen molar-refractivity contribution in [2.24, 2.45) is 5.41 Å². The third-order valence-electron chi connectivity index (χ3n) is 6.76. The normalized spacial score (nSPS) is 17.6. The molecule has 2 aromatic heterocycles. The molecule has 2 aliphatic rings. The Hall–Kier alpha value is -3.47. The molecule has 3 aromatic rings. The number of pyridine rings is 1. The van der Waals surface area contributed by atoms with E-state index in [4.69, 9.17) is 0 Å². The molecule has 3 heterocycles. The molecule has 1 saturated carbocycles. The third kappa shape index (κ3) is 4.23. The number of aromatic amines is 1. The van der Waals surface area contributed by atoms with Gasteiger partial charge < -0.3 is 10.2 Å². The molecule has 8 nitrogen and oxygen atoms in total. The largest absolute Gasteiger partial charge is 0.471 e. The van der Waals surface area contributed by atoms with Gasteiger partial charge in [0.05, 0.1) is 12.7 Å². The highest BCUT2D eigenvalue weighted by Gasteiger charge is 2.58. The second-order valence-electron chi connectivity index (χ2n) is 9.30. The second-order valence-corrected chi connectivity index (χ2v) is 9.30. The highest BCUT2D eigenvalue weighted by molar-refractivity contribution is 5.94. The molecule has 0 unspecified atom stereocenters. The molecule has 11 heteroatoms. The summed E-state index contributed by atoms with van der Waals surface area (Å²) in [6.07, 6.45) is 1.76. The SMILES string of the molecule is CN(CC(=O)Nc1cc2cc(-c3cn[nH]c3)ccc2cn1)C1CC2(C1)CN(C(=O)C(F)(F)F)C2. The summed E-state index contributed by atoms with van der Waals surface area (Å²) in [5.74, 6) is -1.54. The van der Waals surface area contributed by atoms with Crippen LogP contribution in [-0.4, -0.2) is 75.7 Å². The summed E-state index contributed by atoms with van der Waals surface area (Å²) in [6, 6.07) is 7.85. The summed E-state index contributed by atoms with van der Waals surface area (Å²) in [5, 5.41) is 11.5. The number of rotatable bonds is 5. The quantitative estimate of drug-likeness (QED) is 0.595. The van der Waals surface area contributed by atoms with Gasteiger partial charge in [0.15, 0.2) is 0 Å². The van der Waals surface area contributed by atoms with E-state index in [1.807, 2.05) is 36.2 Å². The summed E-state index contributed by atoms with van der Waals surface area (Å²) in [7, 11) is 1.82. The van der Waals surface area contributed by atoms with E-state index in [-0.39, 0.29) is 37.0 Å². The number of carbonyl (C=O) groups excluding carboxylic acids is 2. The average Bonchev–Trinajstić information content (AvgIpc) is 3.25. The number of hydrogen-bond donors (Lipinski definition) is 2. The number of alkyl halides is 3. The van der Waals surface area contributed by atoms with Crippen LogP contribution in [0.3, 0.4) is 0 Å². The Kier molecular flexibility index (Phi) is 5.31. The molecule has 2 fully saturated rings. The monoisotopic (exact) mass is 472 g/mol. The fourth-order valence-corrected chi connectivity index (χ4v) is 4.93. The number of nitrogens with one attached hydrogen (secondary N) is 2. The van der Waals surface area contributed by atoms with Gasteiger partial charge in [-0.1, -0.05) is 12.1 Å². The van der Waals surface area contributed by atoms with E-state index in [0.29, 0.717) is 18.7 Å². The number of H-pyrrole nitrogens is 1. The highest BCUT2D eigenvalue weighted by Crippen LogP contribution is 2.50. The molecule has 1 aliphatic heterocycles. The van der Waals surface area contributed by atoms with Crippen molar-refractivity contribution in [3.05, 3.63) is 42.9 Å². The van der Waals surface area contributed by atoms with Gasteiger partial charge in [0.25, 0.3) is 0 Å². The molecule has 1 spiro atoms. The first-order valence-corrected chi connectivity index (χ1v) is 10.9. The zero-order valence-electron chi connectivity index (χ0n) is 18.4. The summed E-state index contributed by atoms with van der Waals surface area (Å²) in [5.41, 5.74) is 1.71. The Bertz CT molecular complexity index is 1230. The molecule has 34 heavy (non-hydrogen) atoms. The predicted molar refractivity (Wildman–Crippen MR) is 119 cm³/mol. The Morgan fingerprint density at radius 1 is 1.18 bits per heavy atom. The van der Waals surface area contributed by atoms with Gasteiger partial charge in [0.1, 0.15) is 5.82 Å². The smallest absolute Gasteiger partial charge is 0.334 e. The maximum Gasteiger partial charge on any atom is 0.471 e. The van der Waals surface area contributed by atoms with Gasteiger partial charge in [-0.25, -0.2) is 4.98 Å². The van der Waals surface area contributed by atoms with Crippen LogP contribution >= 0.6 is 0 Å². The number of aromatic nitrogens is 3. The van der Waals surface area contributed by atoms with Crippen molar-refractivity contribution in [1.82, 2.24) is 25.0 Å². The number of anilines is 1. The number of likely N-dealkylation sites (tertiary alicyclic amines) is 1. The van der Waals surface area contributed by atoms with Crippen molar-refractivity contribution >= 4 is 28.4 Å². The number of amides is 2. The van der Waals surface area contributed by atoms with Crippen LogP contribution in [0.1, 0.15) is 12.8 Å². The van der Waals surface area contributed by atoms with Gasteiger partial charge >= 0.3 is 12.1 Å². The van der Waals surface area contributed by atoms with Crippen LogP contribution in [0, 0.1) is 5.41 Å². The fraction of sp³-hybridized carbons (Fsp3) is 0.391. The minimum absolute atomic E-state index is 0.0935. The van der Waals surface area contributed by atoms with Gasteiger partial charge in [-0.15, -0.1) is 0 Å². The highest BCUT2D eigenvalue weighted by atomic mass is 19.4. The molecule has 1 aromatic carbocycles. The van der Waals surface area contributed by atoms with Crippen molar-refractivity contribution in [3.63, 3.8) is 0 Å². The number of fused-ring (bicyclic) bond motifs is 1. The summed E-state index contributed by atoms with van der Waals surface area (Å²) >= 11 is 0. The maximum absolute atomic E-state index is 12.6. The van der Waals surface area contributed by atoms with Gasteiger partial charge in [-0.2, -0.15) is 18.3 Å². The van der Waals surface area contributed by atoms with E-state index in [1.54, 1.807) is 18.6 Å². The zero-order valence-corrected chi connectivity index (χ0v) is 18.4. The molecule has 0 bridgehead atoms. The average molecular weight is 472 g/mol. The summed E-state index contributed by atoms with van der Waals surface area (Å²) < 4.78 is 37.6. The van der Waals surface area contributed by atoms with Gasteiger partial charge in [0.2, 0.25) is 5.91 Å². The van der Waals surface area contributed by atoms with E-state index < -0.39 is 12.1 Å². The first-order valence-electron chi connectivity index (χ1n) is 10.9. The van der Waals surface area contributed by atoms with E-state index in [1.165, 1.54) is 0 Å². The van der Waals surface area contributed by atoms with Gasteiger partial charge in [-0.3, -0.25) is 19.6 Å². The Morgan fingerprint density at radius 2 is 1.94 bits per heavy atom. The number of carbonyl (C=O) groups is 2. The maximum atomic E-state index is 12.6. The second kappa shape index (κ2) is 8.08. The van der Waals surface area contributed by atoms with E-state index in [0.717, 1.165) is 26.8 Å². The minimum atomic E-state index is -4.82. The van der Waals surface area contributed by atoms with Gasteiger partial charge in [-0.05, 0) is 43.0 Å². The molecular weight excluding hydrogens is 449 g/mol. The first kappa shape index (κ1) is 22.3. The van der Waals surface area contributed by atoms with Crippen molar-refractivity contribution in [1.29, 1.82) is 0 Å². The van der Waals surface area contributed by atoms with Crippen LogP contribution in [0.2, 0.25) is 0 Å². The number of hydrogen-bond acceptors (Lipinski definition) is 5. The summed E-state index contributed by atoms with van der Waals surface area (Å²) in [4.78, 5) is 30.9. The standard InChI is InChI=1S/C23H23F3N6O2/c1-31(18-6-22(7-18)12-32(13-22)21(34)23(24,25)26)11-20(33)30-19-5-16-4-14(17-9-28-29-10-17)2-3-15(16)8-27-19/h2-5,8-10,18H,6-7,11-13H2,1H3,(H,28,29)(H,27,30,33). The molecule has 0 atom stereocenters. The van der Waals surface area contributed by atoms with E-state index >= 15 is 0 Å². The Balaban J connectivity index is 1.14. The number of likely N-dealkylation sites (N-methyl/N-ethyl adjacent to an activating group) is 1. The molecule has 1 saturated heterocycles. The lowest BCUT2D eigenvalue weighted by Crippen LogP contribution is -2.68. The molecule has 5 rings (SSSR count). The van der Waals surface area contributed by atoms with Crippen molar-refractivity contribution in [2.75, 3.05) is 32.0 Å². The molecule has 2 N–H and O–H groups in total. The Morgan fingerprint density at radius 3 is 2.62 bits per heavy atom. The molecular formula is C23H23F3N6O2. The zero-order chi connectivity index (χ0) is 24.1. The van der Waals surface area contributed by atoms with Crippen LogP contribution < -0.4 is 5.32 Å². The van der Waals surface area contributed by atoms with Crippen LogP contribution in [-0.2, 0) is 9.59 Å². The molecule has 1 aliphatic carbocycles. The summed E-state index contributed by atoms with van der Waals surface area (Å²) in [6.45, 7) is 0.397. The Labute approximate surface area is 193 Å². The first-order chi connectivity index (χ1) is 16.1. The van der Waals surface area contributed by atoms with Crippen molar-refractivity contribution in [2.45, 2.75) is 25.1 Å². The van der Waals surface area contributed by atoms with Gasteiger partial charge in [0, 0.05) is 47.9 Å². The van der Waals surface area contributed by atoms with Crippen LogP contribution in [0.25, 0.3) is 21.9 Å². The minimum Gasteiger partial charge on any atom is -0.334 e. The van der Waals surface area contributed by atoms with Crippen LogP contribution in [0.5, 0.6) is 0 Å². The number of halogens is 3. The van der Waals surface area contributed by atoms with Crippen LogP contribution in [0.15, 0.2) is 42.9 Å². The van der Waals surface area contributed by atoms with E-state index in [9.17, 15) is 22.8 Å². The lowest BCUT2D eigenvalue weighted by Gasteiger charge is -2.60. The van der Waals surface area contributed by atoms with Crippen molar-refractivity contribution < 1.29 is 22.8 Å². The number of nitrogens with zero attached hydrogens (tertiary/aromatic N) is 4. The lowest BCUT2D eigenvalue weighted by molar-refractivity contribution is -0.203. The van der Waals surface area contributed by atoms with Crippen molar-refractivity contribution in [3.8, 4) is 11.1 Å². The molecule has 178 valence electrons. The predicted octanol–water partition coefficient (Wildman–Crippen LogP) is 3.05. The van der Waals surface area contributed by atoms with E-state index in [2.05, 4.69) is 20.5 Å². The molecule has 2 amide bonds.